The summed E-state index contributed by atoms with van der Waals surface area (Å²) in [5.41, 5.74) is 1.29. The summed E-state index contributed by atoms with van der Waals surface area (Å²) in [5.74, 6) is -0.803. The molecule has 0 atom stereocenters. The van der Waals surface area contributed by atoms with Gasteiger partial charge in [0.2, 0.25) is 0 Å². The van der Waals surface area contributed by atoms with Gasteiger partial charge in [0.15, 0.2) is 0 Å². The summed E-state index contributed by atoms with van der Waals surface area (Å²) < 4.78 is 0. The number of carboxylic acid groups (broad SMARTS) is 1. The maximum absolute atomic E-state index is 10.2. The summed E-state index contributed by atoms with van der Waals surface area (Å²) in [6.45, 7) is 2.85. The molecule has 0 aliphatic carbocycles. The number of nitrogens with one attached hydrogen (secondary N) is 1. The molecule has 1 aromatic rings. The van der Waals surface area contributed by atoms with Crippen molar-refractivity contribution in [3.8, 4) is 0 Å². The zero-order valence-corrected chi connectivity index (χ0v) is 8.36. The van der Waals surface area contributed by atoms with Gasteiger partial charge in [0.05, 0.1) is 6.54 Å². The molecule has 0 spiro atoms. The maximum Gasteiger partial charge on any atom is 0.317 e. The summed E-state index contributed by atoms with van der Waals surface area (Å²) in [6.07, 6.45) is 0.913. The van der Waals surface area contributed by atoms with E-state index in [2.05, 4.69) is 23.7 Å². The number of carbonyl (C=O) groups is 1. The summed E-state index contributed by atoms with van der Waals surface area (Å²) in [7, 11) is 0. The molecule has 0 aliphatic heterocycles. The van der Waals surface area contributed by atoms with Gasteiger partial charge in [-0.15, -0.1) is 11.3 Å². The van der Waals surface area contributed by atoms with Crippen LogP contribution in [-0.4, -0.2) is 24.2 Å². The molecule has 0 radical (unpaired) electrons. The lowest BCUT2D eigenvalue weighted by Crippen LogP contribution is -2.24. The molecule has 1 aromatic heterocycles. The maximum atomic E-state index is 10.2. The highest BCUT2D eigenvalue weighted by molar-refractivity contribution is 7.10. The van der Waals surface area contributed by atoms with Gasteiger partial charge in [-0.25, -0.2) is 0 Å². The molecule has 0 bridgehead atoms. The van der Waals surface area contributed by atoms with E-state index >= 15 is 0 Å². The summed E-state index contributed by atoms with van der Waals surface area (Å²) in [6, 6.07) is 2.08. The van der Waals surface area contributed by atoms with E-state index in [0.717, 1.165) is 13.0 Å². The third-order valence-corrected chi connectivity index (χ3v) is 2.86. The Kier molecular flexibility index (Phi) is 3.92. The fourth-order valence-corrected chi connectivity index (χ4v) is 1.97. The van der Waals surface area contributed by atoms with Crippen LogP contribution in [0.4, 0.5) is 0 Å². The minimum atomic E-state index is -0.803. The number of rotatable bonds is 5. The van der Waals surface area contributed by atoms with Gasteiger partial charge in [-0.1, -0.05) is 0 Å². The Balaban J connectivity index is 2.20. The van der Waals surface area contributed by atoms with Gasteiger partial charge in [-0.2, -0.15) is 0 Å². The molecule has 0 amide bonds. The Bertz CT molecular complexity index is 283. The first-order valence-electron chi connectivity index (χ1n) is 4.15. The second-order valence-corrected chi connectivity index (χ2v) is 3.85. The first-order valence-corrected chi connectivity index (χ1v) is 5.03. The second kappa shape index (κ2) is 4.99. The number of thiophene rings is 1. The molecule has 2 N–H and O–H groups in total. The van der Waals surface area contributed by atoms with Gasteiger partial charge >= 0.3 is 5.97 Å². The van der Waals surface area contributed by atoms with E-state index in [1.54, 1.807) is 11.3 Å². The summed E-state index contributed by atoms with van der Waals surface area (Å²) in [5, 5.41) is 13.3. The third kappa shape index (κ3) is 3.57. The fraction of sp³-hybridized carbons (Fsp3) is 0.444. The largest absolute Gasteiger partial charge is 0.480 e. The monoisotopic (exact) mass is 199 g/mol. The lowest BCUT2D eigenvalue weighted by molar-refractivity contribution is -0.135. The lowest BCUT2D eigenvalue weighted by atomic mass is 10.2. The van der Waals surface area contributed by atoms with E-state index in [1.807, 2.05) is 0 Å². The van der Waals surface area contributed by atoms with Gasteiger partial charge in [0.1, 0.15) is 0 Å². The fourth-order valence-electron chi connectivity index (χ4n) is 1.06. The molecule has 0 aliphatic rings. The molecule has 72 valence electrons. The Morgan fingerprint density at radius 1 is 1.69 bits per heavy atom. The van der Waals surface area contributed by atoms with Crippen LogP contribution in [0.2, 0.25) is 0 Å². The highest BCUT2D eigenvalue weighted by Gasteiger charge is 1.99. The van der Waals surface area contributed by atoms with Crippen LogP contribution < -0.4 is 5.32 Å². The van der Waals surface area contributed by atoms with Gasteiger partial charge in [0.25, 0.3) is 0 Å². The quantitative estimate of drug-likeness (QED) is 0.702. The number of carboxylic acids is 1. The molecule has 3 nitrogen and oxygen atoms in total. The van der Waals surface area contributed by atoms with Gasteiger partial charge in [-0.3, -0.25) is 4.79 Å². The van der Waals surface area contributed by atoms with Gasteiger partial charge in [0, 0.05) is 11.4 Å². The van der Waals surface area contributed by atoms with Crippen molar-refractivity contribution in [1.29, 1.82) is 0 Å². The van der Waals surface area contributed by atoms with Crippen LogP contribution >= 0.6 is 11.3 Å². The van der Waals surface area contributed by atoms with Crippen molar-refractivity contribution in [2.75, 3.05) is 13.1 Å². The van der Waals surface area contributed by atoms with E-state index in [9.17, 15) is 4.79 Å². The SMILES string of the molecule is Cc1ccsc1CCNCC(=O)O. The third-order valence-electron chi connectivity index (χ3n) is 1.77. The van der Waals surface area contributed by atoms with E-state index in [1.165, 1.54) is 10.4 Å². The molecule has 0 saturated heterocycles. The molecule has 1 heterocycles. The Labute approximate surface area is 81.4 Å². The number of aliphatic carboxylic acids is 1. The van der Waals surface area contributed by atoms with Crippen LogP contribution in [0, 0.1) is 6.92 Å². The van der Waals surface area contributed by atoms with Crippen molar-refractivity contribution in [3.63, 3.8) is 0 Å². The van der Waals surface area contributed by atoms with Crippen molar-refractivity contribution in [3.05, 3.63) is 21.9 Å². The molecule has 0 aromatic carbocycles. The van der Waals surface area contributed by atoms with Crippen LogP contribution in [-0.2, 0) is 11.2 Å². The van der Waals surface area contributed by atoms with Crippen LogP contribution in [0.25, 0.3) is 0 Å². The first kappa shape index (κ1) is 10.2. The van der Waals surface area contributed by atoms with Crippen LogP contribution in [0.3, 0.4) is 0 Å². The normalized spacial score (nSPS) is 10.2. The Morgan fingerprint density at radius 3 is 3.00 bits per heavy atom. The van der Waals surface area contributed by atoms with Crippen molar-refractivity contribution >= 4 is 17.3 Å². The molecule has 4 heteroatoms. The minimum absolute atomic E-state index is 0.0461. The highest BCUT2D eigenvalue weighted by atomic mass is 32.1. The van der Waals surface area contributed by atoms with Crippen molar-refractivity contribution in [2.45, 2.75) is 13.3 Å². The zero-order chi connectivity index (χ0) is 9.68. The standard InChI is InChI=1S/C9H13NO2S/c1-7-3-5-13-8(7)2-4-10-6-9(11)12/h3,5,10H,2,4,6H2,1H3,(H,11,12). The lowest BCUT2D eigenvalue weighted by Gasteiger charge is -2.00. The van der Waals surface area contributed by atoms with Crippen LogP contribution in [0.1, 0.15) is 10.4 Å². The van der Waals surface area contributed by atoms with Crippen molar-refractivity contribution in [1.82, 2.24) is 5.32 Å². The zero-order valence-electron chi connectivity index (χ0n) is 7.54. The molecule has 0 unspecified atom stereocenters. The molecule has 0 saturated carbocycles. The number of hydrogen-bond acceptors (Lipinski definition) is 3. The smallest absolute Gasteiger partial charge is 0.317 e. The molecule has 13 heavy (non-hydrogen) atoms. The number of aryl methyl sites for hydroxylation is 1. The predicted molar refractivity (Wildman–Crippen MR) is 53.3 cm³/mol. The first-order chi connectivity index (χ1) is 6.20. The van der Waals surface area contributed by atoms with E-state index in [-0.39, 0.29) is 6.54 Å². The second-order valence-electron chi connectivity index (χ2n) is 2.85. The summed E-state index contributed by atoms with van der Waals surface area (Å²) >= 11 is 1.72. The number of hydrogen-bond donors (Lipinski definition) is 2. The molecular formula is C9H13NO2S. The van der Waals surface area contributed by atoms with Crippen LogP contribution in [0.5, 0.6) is 0 Å². The minimum Gasteiger partial charge on any atom is -0.480 e. The highest BCUT2D eigenvalue weighted by Crippen LogP contribution is 2.15. The molecule has 0 fully saturated rings. The van der Waals surface area contributed by atoms with Crippen molar-refractivity contribution < 1.29 is 9.90 Å². The average Bonchev–Trinajstić information content (AvgIpc) is 2.45. The van der Waals surface area contributed by atoms with E-state index < -0.39 is 5.97 Å². The molecule has 1 rings (SSSR count). The molecular weight excluding hydrogens is 186 g/mol. The van der Waals surface area contributed by atoms with E-state index in [4.69, 9.17) is 5.11 Å². The van der Waals surface area contributed by atoms with Gasteiger partial charge < -0.3 is 10.4 Å². The Morgan fingerprint density at radius 2 is 2.46 bits per heavy atom. The topological polar surface area (TPSA) is 49.3 Å². The van der Waals surface area contributed by atoms with Crippen molar-refractivity contribution in [2.24, 2.45) is 0 Å². The summed E-state index contributed by atoms with van der Waals surface area (Å²) in [4.78, 5) is 11.5. The van der Waals surface area contributed by atoms with E-state index in [0.29, 0.717) is 0 Å². The van der Waals surface area contributed by atoms with Crippen LogP contribution in [0.15, 0.2) is 11.4 Å². The predicted octanol–water partition coefficient (Wildman–Crippen LogP) is 1.27. The average molecular weight is 199 g/mol. The van der Waals surface area contributed by atoms with Gasteiger partial charge in [-0.05, 0) is 30.4 Å². The Hall–Kier alpha value is -0.870.